The number of anilines is 1. The average molecular weight is 568 g/mol. The number of aromatic nitrogens is 2. The summed E-state index contributed by atoms with van der Waals surface area (Å²) >= 11 is 12.4. The fourth-order valence-corrected chi connectivity index (χ4v) is 7.64. The lowest BCUT2D eigenvalue weighted by Gasteiger charge is -2.61. The maximum Gasteiger partial charge on any atom is 0.198 e. The lowest BCUT2D eigenvalue weighted by atomic mass is 9.45. The van der Waals surface area contributed by atoms with Gasteiger partial charge in [0, 0.05) is 47.8 Å². The van der Waals surface area contributed by atoms with Crippen LogP contribution in [0.25, 0.3) is 11.0 Å². The third kappa shape index (κ3) is 5.40. The summed E-state index contributed by atoms with van der Waals surface area (Å²) in [5, 5.41) is 8.66. The minimum absolute atomic E-state index is 0.372. The first-order chi connectivity index (χ1) is 18.7. The number of aromatic amines is 1. The first kappa shape index (κ1) is 26.9. The molecule has 208 valence electrons. The molecule has 4 fully saturated rings. The maximum atomic E-state index is 6.38. The number of nitrogens with one attached hydrogen (secondary N) is 3. The van der Waals surface area contributed by atoms with Gasteiger partial charge in [-0.25, -0.2) is 9.98 Å². The summed E-state index contributed by atoms with van der Waals surface area (Å²) in [6.45, 7) is 12.5. The molecule has 4 aliphatic rings. The van der Waals surface area contributed by atoms with E-state index in [1.54, 1.807) is 6.07 Å². The van der Waals surface area contributed by atoms with Crippen molar-refractivity contribution in [2.45, 2.75) is 65.5 Å². The molecule has 8 heteroatoms. The molecule has 0 radical (unpaired) electrons. The summed E-state index contributed by atoms with van der Waals surface area (Å²) in [5.41, 5.74) is 4.57. The van der Waals surface area contributed by atoms with E-state index in [0.29, 0.717) is 33.5 Å². The van der Waals surface area contributed by atoms with Gasteiger partial charge in [0.15, 0.2) is 5.96 Å². The molecule has 0 unspecified atom stereocenters. The van der Waals surface area contributed by atoms with Crippen LogP contribution in [-0.2, 0) is 12.8 Å². The highest BCUT2D eigenvalue weighted by Crippen LogP contribution is 2.61. The third-order valence-electron chi connectivity index (χ3n) is 9.70. The summed E-state index contributed by atoms with van der Waals surface area (Å²) < 4.78 is 0. The van der Waals surface area contributed by atoms with Crippen LogP contribution in [0.3, 0.4) is 0 Å². The van der Waals surface area contributed by atoms with Crippen molar-refractivity contribution in [3.8, 4) is 0 Å². The summed E-state index contributed by atoms with van der Waals surface area (Å²) in [6.07, 6.45) is 4.15. The zero-order valence-corrected chi connectivity index (χ0v) is 24.9. The van der Waals surface area contributed by atoms with E-state index in [0.717, 1.165) is 78.4 Å². The fourth-order valence-electron chi connectivity index (χ4n) is 7.13. The molecule has 2 aromatic carbocycles. The summed E-state index contributed by atoms with van der Waals surface area (Å²) in [5.74, 6) is 4.13. The highest BCUT2D eigenvalue weighted by molar-refractivity contribution is 6.35. The van der Waals surface area contributed by atoms with Crippen molar-refractivity contribution in [2.75, 3.05) is 25.0 Å². The summed E-state index contributed by atoms with van der Waals surface area (Å²) in [6, 6.07) is 12.9. The molecular formula is C31H40Cl2N6. The zero-order valence-electron chi connectivity index (χ0n) is 23.4. The van der Waals surface area contributed by atoms with Gasteiger partial charge in [-0.15, -0.1) is 0 Å². The van der Waals surface area contributed by atoms with E-state index < -0.39 is 0 Å². The zero-order chi connectivity index (χ0) is 27.3. The Labute approximate surface area is 242 Å². The van der Waals surface area contributed by atoms with Crippen LogP contribution in [0.1, 0.15) is 51.9 Å². The SMILES string of the molecule is C[C@@H]1[C@@H](N=C(Nc2ccc3nc(CCc4ccc(Cl)cc4Cl)[nH]c3c2)N2CCN[C@@H](C)C2)C[C@@H]2C[C@H]1C2(C)C. The van der Waals surface area contributed by atoms with E-state index in [1.807, 2.05) is 12.1 Å². The maximum absolute atomic E-state index is 6.38. The van der Waals surface area contributed by atoms with Crippen LogP contribution in [0, 0.1) is 23.2 Å². The van der Waals surface area contributed by atoms with Crippen molar-refractivity contribution in [3.63, 3.8) is 0 Å². The first-order valence-electron chi connectivity index (χ1n) is 14.4. The fraction of sp³-hybridized carbons (Fsp3) is 0.548. The number of hydrogen-bond acceptors (Lipinski definition) is 3. The summed E-state index contributed by atoms with van der Waals surface area (Å²) in [7, 11) is 0. The number of hydrogen-bond donors (Lipinski definition) is 3. The number of halogens is 2. The van der Waals surface area contributed by atoms with Gasteiger partial charge in [0.1, 0.15) is 5.82 Å². The van der Waals surface area contributed by atoms with Crippen LogP contribution in [0.4, 0.5) is 5.69 Å². The van der Waals surface area contributed by atoms with Crippen LogP contribution >= 0.6 is 23.2 Å². The first-order valence-corrected chi connectivity index (χ1v) is 15.2. The van der Waals surface area contributed by atoms with Gasteiger partial charge in [-0.05, 0) is 85.3 Å². The van der Waals surface area contributed by atoms with Gasteiger partial charge in [-0.3, -0.25) is 0 Å². The van der Waals surface area contributed by atoms with E-state index in [4.69, 9.17) is 33.2 Å². The molecule has 3 aliphatic carbocycles. The Hall–Kier alpha value is -2.28. The number of piperazine rings is 1. The van der Waals surface area contributed by atoms with Crippen molar-refractivity contribution >= 4 is 45.9 Å². The molecule has 3 N–H and O–H groups in total. The Balaban J connectivity index is 1.21. The number of aliphatic imine (C=N–C) groups is 1. The van der Waals surface area contributed by atoms with Gasteiger partial charge in [0.2, 0.25) is 0 Å². The third-order valence-corrected chi connectivity index (χ3v) is 10.3. The molecule has 3 saturated carbocycles. The number of H-pyrrole nitrogens is 1. The highest BCUT2D eigenvalue weighted by Gasteiger charge is 2.56. The van der Waals surface area contributed by atoms with Gasteiger partial charge in [0.05, 0.1) is 17.1 Å². The van der Waals surface area contributed by atoms with E-state index in [-0.39, 0.29) is 0 Å². The normalized spacial score (nSPS) is 28.4. The number of guanidine groups is 1. The molecule has 3 aromatic rings. The molecule has 39 heavy (non-hydrogen) atoms. The molecule has 0 amide bonds. The Morgan fingerprint density at radius 1 is 1.13 bits per heavy atom. The van der Waals surface area contributed by atoms with Crippen LogP contribution in [0.2, 0.25) is 10.0 Å². The number of aryl methyl sites for hydroxylation is 2. The molecule has 5 atom stereocenters. The van der Waals surface area contributed by atoms with Gasteiger partial charge in [-0.1, -0.05) is 50.0 Å². The van der Waals surface area contributed by atoms with Crippen LogP contribution < -0.4 is 10.6 Å². The van der Waals surface area contributed by atoms with Crippen molar-refractivity contribution in [2.24, 2.45) is 28.2 Å². The number of imidazole rings is 1. The second kappa shape index (κ2) is 10.6. The van der Waals surface area contributed by atoms with E-state index in [9.17, 15) is 0 Å². The Morgan fingerprint density at radius 3 is 2.72 bits per heavy atom. The Kier molecular flexibility index (Phi) is 7.32. The predicted octanol–water partition coefficient (Wildman–Crippen LogP) is 6.79. The molecule has 1 aliphatic heterocycles. The Morgan fingerprint density at radius 2 is 1.97 bits per heavy atom. The topological polar surface area (TPSA) is 68.3 Å². The Bertz CT molecular complexity index is 1380. The standard InChI is InChI=1S/C31H40Cl2N6/c1-18-17-39(12-11-34-18)30(38-27-14-21-13-24(19(27)2)31(21,3)4)35-23-8-9-26-28(16-23)37-29(36-26)10-6-20-5-7-22(32)15-25(20)33/h5,7-9,15-16,18-19,21,24,27,34H,6,10-14,17H2,1-4H3,(H,35,38)(H,36,37)/t18-,19-,21-,24+,27-/m0/s1. The van der Waals surface area contributed by atoms with Crippen LogP contribution in [0.15, 0.2) is 41.4 Å². The number of benzene rings is 2. The number of rotatable bonds is 5. The van der Waals surface area contributed by atoms with E-state index >= 15 is 0 Å². The van der Waals surface area contributed by atoms with Gasteiger partial charge < -0.3 is 20.5 Å². The summed E-state index contributed by atoms with van der Waals surface area (Å²) in [4.78, 5) is 16.2. The van der Waals surface area contributed by atoms with Crippen molar-refractivity contribution in [3.05, 3.63) is 57.8 Å². The quantitative estimate of drug-likeness (QED) is 0.235. The second-order valence-electron chi connectivity index (χ2n) is 12.6. The minimum atomic E-state index is 0.372. The highest BCUT2D eigenvalue weighted by atomic mass is 35.5. The predicted molar refractivity (Wildman–Crippen MR) is 163 cm³/mol. The van der Waals surface area contributed by atoms with Gasteiger partial charge in [0.25, 0.3) is 0 Å². The van der Waals surface area contributed by atoms with E-state index in [2.05, 4.69) is 66.4 Å². The van der Waals surface area contributed by atoms with Crippen LogP contribution in [0.5, 0.6) is 0 Å². The second-order valence-corrected chi connectivity index (χ2v) is 13.4. The largest absolute Gasteiger partial charge is 0.342 e. The molecule has 0 spiro atoms. The molecule has 1 saturated heterocycles. The smallest absolute Gasteiger partial charge is 0.198 e. The van der Waals surface area contributed by atoms with Crippen molar-refractivity contribution < 1.29 is 0 Å². The molecule has 7 rings (SSSR count). The van der Waals surface area contributed by atoms with Gasteiger partial charge in [-0.2, -0.15) is 0 Å². The molecule has 2 heterocycles. The molecule has 2 bridgehead atoms. The number of fused-ring (bicyclic) bond motifs is 3. The van der Waals surface area contributed by atoms with E-state index in [1.165, 1.54) is 12.8 Å². The van der Waals surface area contributed by atoms with Crippen LogP contribution in [-0.4, -0.2) is 52.5 Å². The van der Waals surface area contributed by atoms with Gasteiger partial charge >= 0.3 is 0 Å². The monoisotopic (exact) mass is 566 g/mol. The minimum Gasteiger partial charge on any atom is -0.342 e. The molecule has 6 nitrogen and oxygen atoms in total. The van der Waals surface area contributed by atoms with Crippen molar-refractivity contribution in [1.29, 1.82) is 0 Å². The number of nitrogens with zero attached hydrogens (tertiary/aromatic N) is 3. The molecule has 1 aromatic heterocycles. The average Bonchev–Trinajstić information content (AvgIpc) is 3.30. The lowest BCUT2D eigenvalue weighted by molar-refractivity contribution is -0.108. The van der Waals surface area contributed by atoms with Crippen molar-refractivity contribution in [1.82, 2.24) is 20.2 Å². The molecular weight excluding hydrogens is 527 g/mol. The lowest BCUT2D eigenvalue weighted by Crippen LogP contribution is -2.57.